The molecule has 29 heavy (non-hydrogen) atoms. The molecular formula is C24H30N2O3. The van der Waals surface area contributed by atoms with Gasteiger partial charge in [0.25, 0.3) is 0 Å². The Morgan fingerprint density at radius 3 is 2.59 bits per heavy atom. The molecule has 0 saturated carbocycles. The minimum atomic E-state index is -0.186. The van der Waals surface area contributed by atoms with Gasteiger partial charge < -0.3 is 20.4 Å². The highest BCUT2D eigenvalue weighted by Crippen LogP contribution is 2.40. The summed E-state index contributed by atoms with van der Waals surface area (Å²) < 4.78 is 6.38. The van der Waals surface area contributed by atoms with Gasteiger partial charge in [-0.3, -0.25) is 4.90 Å². The van der Waals surface area contributed by atoms with E-state index in [0.717, 1.165) is 60.9 Å². The van der Waals surface area contributed by atoms with E-state index < -0.39 is 0 Å². The first-order chi connectivity index (χ1) is 14.1. The number of nitrogens with zero attached hydrogens (tertiary/aromatic N) is 1. The lowest BCUT2D eigenvalue weighted by Crippen LogP contribution is -2.43. The van der Waals surface area contributed by atoms with Crippen molar-refractivity contribution < 1.29 is 14.6 Å². The van der Waals surface area contributed by atoms with Crippen LogP contribution in [0, 0.1) is 12.8 Å². The molecule has 2 aliphatic heterocycles. The highest BCUT2D eigenvalue weighted by Gasteiger charge is 2.36. The molecule has 1 saturated heterocycles. The van der Waals surface area contributed by atoms with Gasteiger partial charge >= 0.3 is 0 Å². The van der Waals surface area contributed by atoms with Crippen LogP contribution in [0.4, 0.5) is 0 Å². The van der Waals surface area contributed by atoms with Crippen LogP contribution in [-0.4, -0.2) is 42.0 Å². The van der Waals surface area contributed by atoms with Crippen molar-refractivity contribution in [2.24, 2.45) is 11.7 Å². The van der Waals surface area contributed by atoms with E-state index in [1.807, 2.05) is 49.4 Å². The third-order valence-corrected chi connectivity index (χ3v) is 6.59. The standard InChI is InChI=1S/C24H30N2O3/c1-16-7-8-19-20(24(16)28)13-22(29-23(19)14-25)18-9-11-26(12-10-18)21(15-27)17-5-3-2-4-6-17/h2-8,15,18,21-23,28H,9-14,25H2,1H3. The van der Waals surface area contributed by atoms with Crippen LogP contribution < -0.4 is 5.73 Å². The average Bonchev–Trinajstić information content (AvgIpc) is 2.77. The topological polar surface area (TPSA) is 75.8 Å². The fourth-order valence-corrected chi connectivity index (χ4v) is 4.87. The Balaban J connectivity index is 1.46. The highest BCUT2D eigenvalue weighted by molar-refractivity contribution is 5.61. The predicted octanol–water partition coefficient (Wildman–Crippen LogP) is 3.29. The Morgan fingerprint density at radius 2 is 1.93 bits per heavy atom. The number of aromatic hydroxyl groups is 1. The van der Waals surface area contributed by atoms with Crippen molar-refractivity contribution >= 4 is 6.29 Å². The van der Waals surface area contributed by atoms with E-state index in [0.29, 0.717) is 18.2 Å². The lowest BCUT2D eigenvalue weighted by atomic mass is 9.82. The summed E-state index contributed by atoms with van der Waals surface area (Å²) in [7, 11) is 0. The monoisotopic (exact) mass is 394 g/mol. The Bertz CT molecular complexity index is 847. The van der Waals surface area contributed by atoms with Crippen molar-refractivity contribution in [2.45, 2.75) is 44.4 Å². The highest BCUT2D eigenvalue weighted by atomic mass is 16.5. The van der Waals surface area contributed by atoms with Gasteiger partial charge in [0.1, 0.15) is 12.0 Å². The average molecular weight is 395 g/mol. The maximum Gasteiger partial charge on any atom is 0.141 e. The summed E-state index contributed by atoms with van der Waals surface area (Å²) in [5.41, 5.74) is 9.95. The molecule has 3 N–H and O–H groups in total. The number of phenols is 1. The molecule has 4 rings (SSSR count). The third kappa shape index (κ3) is 3.95. The molecule has 5 nitrogen and oxygen atoms in total. The molecule has 0 radical (unpaired) electrons. The zero-order valence-electron chi connectivity index (χ0n) is 17.0. The van der Waals surface area contributed by atoms with Crippen LogP contribution >= 0.6 is 0 Å². The molecule has 3 atom stereocenters. The van der Waals surface area contributed by atoms with Crippen molar-refractivity contribution in [3.8, 4) is 5.75 Å². The van der Waals surface area contributed by atoms with Crippen LogP contribution in [-0.2, 0) is 16.0 Å². The van der Waals surface area contributed by atoms with Gasteiger partial charge in [-0.2, -0.15) is 0 Å². The molecule has 0 aliphatic carbocycles. The number of nitrogens with two attached hydrogens (primary N) is 1. The van der Waals surface area contributed by atoms with Gasteiger partial charge in [0.15, 0.2) is 0 Å². The maximum atomic E-state index is 11.8. The fraction of sp³-hybridized carbons (Fsp3) is 0.458. The molecular weight excluding hydrogens is 364 g/mol. The Hall–Kier alpha value is -2.21. The number of carbonyl (C=O) groups is 1. The third-order valence-electron chi connectivity index (χ3n) is 6.59. The first-order valence-electron chi connectivity index (χ1n) is 10.5. The number of aryl methyl sites for hydroxylation is 1. The number of rotatable bonds is 5. The van der Waals surface area contributed by atoms with E-state index in [1.54, 1.807) is 0 Å². The minimum absolute atomic E-state index is 0.0531. The molecule has 0 aromatic heterocycles. The number of fused-ring (bicyclic) bond motifs is 1. The summed E-state index contributed by atoms with van der Waals surface area (Å²) in [5, 5.41) is 10.6. The molecule has 2 aromatic rings. The van der Waals surface area contributed by atoms with Gasteiger partial charge in [0.05, 0.1) is 18.2 Å². The molecule has 154 valence electrons. The lowest BCUT2D eigenvalue weighted by molar-refractivity contribution is -0.114. The number of phenolic OH excluding ortho intramolecular Hbond substituents is 1. The van der Waals surface area contributed by atoms with Crippen molar-refractivity contribution in [2.75, 3.05) is 19.6 Å². The molecule has 0 amide bonds. The molecule has 0 spiro atoms. The van der Waals surface area contributed by atoms with Gasteiger partial charge in [-0.25, -0.2) is 0 Å². The second-order valence-electron chi connectivity index (χ2n) is 8.27. The lowest BCUT2D eigenvalue weighted by Gasteiger charge is -2.41. The van der Waals surface area contributed by atoms with E-state index in [4.69, 9.17) is 10.5 Å². The molecule has 2 heterocycles. The number of hydrogen-bond donors (Lipinski definition) is 2. The number of benzene rings is 2. The zero-order valence-corrected chi connectivity index (χ0v) is 17.0. The molecule has 5 heteroatoms. The van der Waals surface area contributed by atoms with Crippen molar-refractivity contribution in [3.05, 3.63) is 64.7 Å². The summed E-state index contributed by atoms with van der Waals surface area (Å²) >= 11 is 0. The van der Waals surface area contributed by atoms with Crippen LogP contribution in [0.1, 0.15) is 47.2 Å². The van der Waals surface area contributed by atoms with Crippen molar-refractivity contribution in [1.29, 1.82) is 0 Å². The van der Waals surface area contributed by atoms with Crippen LogP contribution in [0.3, 0.4) is 0 Å². The first-order valence-corrected chi connectivity index (χ1v) is 10.5. The van der Waals surface area contributed by atoms with Gasteiger partial charge in [-0.1, -0.05) is 42.5 Å². The number of likely N-dealkylation sites (tertiary alicyclic amines) is 1. The van der Waals surface area contributed by atoms with Gasteiger partial charge in [-0.05, 0) is 55.5 Å². The Labute approximate surface area is 172 Å². The Morgan fingerprint density at radius 1 is 1.21 bits per heavy atom. The quantitative estimate of drug-likeness (QED) is 0.761. The second kappa shape index (κ2) is 8.66. The molecule has 2 aromatic carbocycles. The molecule has 1 fully saturated rings. The summed E-state index contributed by atoms with van der Waals surface area (Å²) in [6, 6.07) is 13.7. The van der Waals surface area contributed by atoms with E-state index in [9.17, 15) is 9.90 Å². The van der Waals surface area contributed by atoms with Crippen LogP contribution in [0.25, 0.3) is 0 Å². The molecule has 2 aliphatic rings. The summed E-state index contributed by atoms with van der Waals surface area (Å²) in [5.74, 6) is 0.785. The maximum absolute atomic E-state index is 11.8. The van der Waals surface area contributed by atoms with E-state index >= 15 is 0 Å². The van der Waals surface area contributed by atoms with Crippen LogP contribution in [0.15, 0.2) is 42.5 Å². The van der Waals surface area contributed by atoms with Crippen LogP contribution in [0.5, 0.6) is 5.75 Å². The van der Waals surface area contributed by atoms with E-state index in [-0.39, 0.29) is 18.2 Å². The van der Waals surface area contributed by atoms with Gasteiger partial charge in [0.2, 0.25) is 0 Å². The van der Waals surface area contributed by atoms with Crippen molar-refractivity contribution in [1.82, 2.24) is 4.90 Å². The van der Waals surface area contributed by atoms with Gasteiger partial charge in [0, 0.05) is 18.5 Å². The van der Waals surface area contributed by atoms with Crippen LogP contribution in [0.2, 0.25) is 0 Å². The SMILES string of the molecule is Cc1ccc2c(c1O)CC(C1CCN(C(C=O)c3ccccc3)CC1)OC2CN. The van der Waals surface area contributed by atoms with E-state index in [1.165, 1.54) is 0 Å². The number of ether oxygens (including phenoxy) is 1. The molecule has 0 bridgehead atoms. The summed E-state index contributed by atoms with van der Waals surface area (Å²) in [4.78, 5) is 14.0. The summed E-state index contributed by atoms with van der Waals surface area (Å²) in [6.45, 7) is 4.07. The smallest absolute Gasteiger partial charge is 0.141 e. The minimum Gasteiger partial charge on any atom is -0.507 e. The summed E-state index contributed by atoms with van der Waals surface area (Å²) in [6.07, 6.45) is 3.61. The largest absolute Gasteiger partial charge is 0.507 e. The normalized spacial score (nSPS) is 24.1. The number of carbonyl (C=O) groups excluding carboxylic acids is 1. The number of aldehydes is 1. The van der Waals surface area contributed by atoms with Crippen molar-refractivity contribution in [3.63, 3.8) is 0 Å². The predicted molar refractivity (Wildman–Crippen MR) is 113 cm³/mol. The molecule has 3 unspecified atom stereocenters. The number of piperidine rings is 1. The fourth-order valence-electron chi connectivity index (χ4n) is 4.87. The zero-order chi connectivity index (χ0) is 20.4. The van der Waals surface area contributed by atoms with E-state index in [2.05, 4.69) is 4.90 Å². The van der Waals surface area contributed by atoms with Gasteiger partial charge in [-0.15, -0.1) is 0 Å². The second-order valence-corrected chi connectivity index (χ2v) is 8.27. The number of hydrogen-bond acceptors (Lipinski definition) is 5. The first kappa shape index (κ1) is 20.1. The Kier molecular flexibility index (Phi) is 5.99.